The fraction of sp³-hybridized carbons (Fsp3) is 0.778. The van der Waals surface area contributed by atoms with Crippen LogP contribution in [0.3, 0.4) is 0 Å². The lowest BCUT2D eigenvalue weighted by atomic mass is 10.1. The molecule has 0 saturated heterocycles. The molecule has 0 amide bonds. The number of carbonyl (C=O) groups is 2. The average molecular weight is 302 g/mol. The van der Waals surface area contributed by atoms with Crippen molar-refractivity contribution in [3.8, 4) is 0 Å². The van der Waals surface area contributed by atoms with Gasteiger partial charge in [-0.2, -0.15) is 0 Å². The van der Waals surface area contributed by atoms with E-state index >= 15 is 0 Å². The third-order valence-corrected chi connectivity index (χ3v) is 2.58. The molecule has 0 spiro atoms. The smallest absolute Gasteiger partial charge is 0.326 e. The number of hydrogen-bond donors (Lipinski definition) is 0. The van der Waals surface area contributed by atoms with Crippen LogP contribution in [0.2, 0.25) is 0 Å². The van der Waals surface area contributed by atoms with Crippen molar-refractivity contribution in [3.05, 3.63) is 0 Å². The third-order valence-electron chi connectivity index (χ3n) is 1.68. The fourth-order valence-electron chi connectivity index (χ4n) is 0.979. The first kappa shape index (κ1) is 14.7. The van der Waals surface area contributed by atoms with Gasteiger partial charge in [-0.25, -0.2) is 0 Å². The maximum Gasteiger partial charge on any atom is 0.326 e. The molecule has 88 valence electrons. The van der Waals surface area contributed by atoms with Crippen LogP contribution in [0.5, 0.6) is 0 Å². The molecule has 0 aromatic heterocycles. The molecule has 6 heteroatoms. The van der Waals surface area contributed by atoms with Crippen molar-refractivity contribution in [2.24, 2.45) is 0 Å². The Morgan fingerprint density at radius 3 is 2.47 bits per heavy atom. The summed E-state index contributed by atoms with van der Waals surface area (Å²) in [6.45, 7) is 3.05. The number of halogens is 2. The Balaban J connectivity index is 4.09. The van der Waals surface area contributed by atoms with Crippen LogP contribution in [0.1, 0.15) is 20.3 Å². The van der Waals surface area contributed by atoms with Gasteiger partial charge < -0.3 is 9.47 Å². The zero-order valence-corrected chi connectivity index (χ0v) is 11.2. The highest BCUT2D eigenvalue weighted by atomic mass is 79.9. The van der Waals surface area contributed by atoms with E-state index in [9.17, 15) is 9.59 Å². The molecule has 0 aliphatic rings. The number of methoxy groups -OCH3 is 1. The molecule has 0 fully saturated rings. The van der Waals surface area contributed by atoms with Gasteiger partial charge in [0.15, 0.2) is 0 Å². The van der Waals surface area contributed by atoms with Gasteiger partial charge in [0, 0.05) is 6.92 Å². The Kier molecular flexibility index (Phi) is 6.20. The Hall–Kier alpha value is -0.290. The highest BCUT2D eigenvalue weighted by molar-refractivity contribution is 9.09. The second-order valence-corrected chi connectivity index (χ2v) is 5.42. The van der Waals surface area contributed by atoms with E-state index in [1.165, 1.54) is 14.0 Å². The predicted octanol–water partition coefficient (Wildman–Crippen LogP) is 1.87. The molecule has 15 heavy (non-hydrogen) atoms. The molecule has 0 aliphatic carbocycles. The summed E-state index contributed by atoms with van der Waals surface area (Å²) in [4.78, 5) is 20.5. The lowest BCUT2D eigenvalue weighted by molar-refractivity contribution is -0.143. The fourth-order valence-corrected chi connectivity index (χ4v) is 2.21. The van der Waals surface area contributed by atoms with Crippen LogP contribution in [-0.2, 0) is 19.1 Å². The molecule has 0 aromatic carbocycles. The van der Waals surface area contributed by atoms with Crippen LogP contribution in [0, 0.1) is 0 Å². The first-order valence-electron chi connectivity index (χ1n) is 4.34. The monoisotopic (exact) mass is 300 g/mol. The second-order valence-electron chi connectivity index (χ2n) is 3.29. The summed E-state index contributed by atoms with van der Waals surface area (Å²) in [7, 11) is 1.28. The standard InChI is InChI=1S/C9H14BrClO4/c1-6(12)15-5-7(10)4-9(2,11)8(13)14-3/h7H,4-5H2,1-3H3. The van der Waals surface area contributed by atoms with E-state index in [0.717, 1.165) is 0 Å². The zero-order valence-electron chi connectivity index (χ0n) is 8.88. The first-order valence-corrected chi connectivity index (χ1v) is 5.63. The number of carbonyl (C=O) groups excluding carboxylic acids is 2. The molecule has 0 aliphatic heterocycles. The van der Waals surface area contributed by atoms with Crippen LogP contribution in [0.25, 0.3) is 0 Å². The second kappa shape index (κ2) is 6.33. The van der Waals surface area contributed by atoms with E-state index in [2.05, 4.69) is 20.7 Å². The Bertz CT molecular complexity index is 242. The van der Waals surface area contributed by atoms with Crippen molar-refractivity contribution in [2.75, 3.05) is 13.7 Å². The molecule has 0 N–H and O–H groups in total. The molecule has 0 bridgehead atoms. The summed E-state index contributed by atoms with van der Waals surface area (Å²) in [6.07, 6.45) is 0.314. The van der Waals surface area contributed by atoms with Crippen LogP contribution in [0.4, 0.5) is 0 Å². The third kappa shape index (κ3) is 5.99. The van der Waals surface area contributed by atoms with Gasteiger partial charge in [0.2, 0.25) is 0 Å². The maximum atomic E-state index is 11.2. The van der Waals surface area contributed by atoms with Crippen LogP contribution < -0.4 is 0 Å². The minimum Gasteiger partial charge on any atom is -0.468 e. The van der Waals surface area contributed by atoms with Gasteiger partial charge in [-0.1, -0.05) is 15.9 Å². The van der Waals surface area contributed by atoms with Crippen LogP contribution >= 0.6 is 27.5 Å². The van der Waals surface area contributed by atoms with Gasteiger partial charge in [-0.15, -0.1) is 11.6 Å². The molecule has 0 heterocycles. The van der Waals surface area contributed by atoms with Crippen molar-refractivity contribution in [1.82, 2.24) is 0 Å². The molecular formula is C9H14BrClO4. The van der Waals surface area contributed by atoms with Gasteiger partial charge in [0.05, 0.1) is 11.9 Å². The summed E-state index contributed by atoms with van der Waals surface area (Å²) in [5.41, 5.74) is 0. The van der Waals surface area contributed by atoms with Crippen molar-refractivity contribution in [1.29, 1.82) is 0 Å². The summed E-state index contributed by atoms with van der Waals surface area (Å²) in [6, 6.07) is 0. The van der Waals surface area contributed by atoms with Gasteiger partial charge in [0.1, 0.15) is 11.5 Å². The number of hydrogen-bond acceptors (Lipinski definition) is 4. The van der Waals surface area contributed by atoms with Gasteiger partial charge >= 0.3 is 11.9 Å². The van der Waals surface area contributed by atoms with E-state index in [0.29, 0.717) is 6.42 Å². The first-order chi connectivity index (χ1) is 6.79. The van der Waals surface area contributed by atoms with Gasteiger partial charge in [-0.05, 0) is 13.3 Å². The Morgan fingerprint density at radius 1 is 1.53 bits per heavy atom. The van der Waals surface area contributed by atoms with E-state index in [1.807, 2.05) is 0 Å². The minimum absolute atomic E-state index is 0.175. The SMILES string of the molecule is COC(=O)C(C)(Cl)CC(Br)COC(C)=O. The average Bonchev–Trinajstić information content (AvgIpc) is 2.12. The summed E-state index contributed by atoms with van der Waals surface area (Å²) in [5.74, 6) is -0.870. The molecule has 4 nitrogen and oxygen atoms in total. The summed E-state index contributed by atoms with van der Waals surface area (Å²) >= 11 is 9.22. The van der Waals surface area contributed by atoms with E-state index in [-0.39, 0.29) is 17.4 Å². The lowest BCUT2D eigenvalue weighted by Crippen LogP contribution is -2.34. The van der Waals surface area contributed by atoms with E-state index in [4.69, 9.17) is 16.3 Å². The maximum absolute atomic E-state index is 11.2. The molecule has 0 aromatic rings. The van der Waals surface area contributed by atoms with Crippen LogP contribution in [-0.4, -0.2) is 35.4 Å². The molecular weight excluding hydrogens is 287 g/mol. The number of ether oxygens (including phenoxy) is 2. The molecule has 2 unspecified atom stereocenters. The quantitative estimate of drug-likeness (QED) is 0.575. The molecule has 0 saturated carbocycles. The highest BCUT2D eigenvalue weighted by Gasteiger charge is 2.34. The largest absolute Gasteiger partial charge is 0.468 e. The van der Waals surface area contributed by atoms with Crippen molar-refractivity contribution >= 4 is 39.5 Å². The summed E-state index contributed by atoms with van der Waals surface area (Å²) in [5, 5.41) is 0. The molecule has 0 rings (SSSR count). The summed E-state index contributed by atoms with van der Waals surface area (Å²) < 4.78 is 9.31. The van der Waals surface area contributed by atoms with Crippen molar-refractivity contribution in [2.45, 2.75) is 30.0 Å². The number of alkyl halides is 2. The van der Waals surface area contributed by atoms with Gasteiger partial charge in [-0.3, -0.25) is 9.59 Å². The normalized spacial score (nSPS) is 16.3. The van der Waals surface area contributed by atoms with Gasteiger partial charge in [0.25, 0.3) is 0 Å². The highest BCUT2D eigenvalue weighted by Crippen LogP contribution is 2.26. The zero-order chi connectivity index (χ0) is 12.1. The molecule has 2 atom stereocenters. The minimum atomic E-state index is -1.11. The predicted molar refractivity (Wildman–Crippen MR) is 60.2 cm³/mol. The lowest BCUT2D eigenvalue weighted by Gasteiger charge is -2.21. The van der Waals surface area contributed by atoms with E-state index < -0.39 is 10.8 Å². The molecule has 0 radical (unpaired) electrons. The van der Waals surface area contributed by atoms with E-state index in [1.54, 1.807) is 6.92 Å². The van der Waals surface area contributed by atoms with Crippen molar-refractivity contribution in [3.63, 3.8) is 0 Å². The number of rotatable bonds is 5. The Morgan fingerprint density at radius 2 is 2.07 bits per heavy atom. The Labute approximate surface area is 102 Å². The number of esters is 2. The van der Waals surface area contributed by atoms with Crippen LogP contribution in [0.15, 0.2) is 0 Å². The topological polar surface area (TPSA) is 52.6 Å². The van der Waals surface area contributed by atoms with Crippen molar-refractivity contribution < 1.29 is 19.1 Å².